The maximum absolute atomic E-state index is 14.1. The number of rotatable bonds is 8. The zero-order valence-electron chi connectivity index (χ0n) is 22.1. The Hall–Kier alpha value is -3.09. The smallest absolute Gasteiger partial charge is 0.296 e. The van der Waals surface area contributed by atoms with Crippen molar-refractivity contribution in [2.24, 2.45) is 0 Å². The lowest BCUT2D eigenvalue weighted by Gasteiger charge is -2.30. The van der Waals surface area contributed by atoms with Gasteiger partial charge in [0.25, 0.3) is 6.43 Å². The van der Waals surface area contributed by atoms with Crippen LogP contribution in [0.1, 0.15) is 37.9 Å². The van der Waals surface area contributed by atoms with Crippen LogP contribution in [0.5, 0.6) is 5.88 Å². The highest BCUT2D eigenvalue weighted by Crippen LogP contribution is 2.31. The number of nitrogens with one attached hydrogen (secondary N) is 1. The predicted molar refractivity (Wildman–Crippen MR) is 145 cm³/mol. The van der Waals surface area contributed by atoms with Crippen LogP contribution in [0.2, 0.25) is 0 Å². The molecule has 212 valence electrons. The van der Waals surface area contributed by atoms with Gasteiger partial charge in [0.1, 0.15) is 11.9 Å². The van der Waals surface area contributed by atoms with E-state index in [1.807, 2.05) is 23.9 Å². The van der Waals surface area contributed by atoms with Crippen LogP contribution in [-0.2, 0) is 9.53 Å². The summed E-state index contributed by atoms with van der Waals surface area (Å²) in [4.78, 5) is 29.4. The van der Waals surface area contributed by atoms with Crippen LogP contribution < -0.4 is 15.0 Å². The van der Waals surface area contributed by atoms with Crippen molar-refractivity contribution in [1.82, 2.24) is 29.7 Å². The molecule has 0 unspecified atom stereocenters. The average molecular weight is 566 g/mol. The molecule has 0 bridgehead atoms. The number of carbonyl (C=O) groups excluding carboxylic acids is 1. The number of aromatic nitrogens is 4. The van der Waals surface area contributed by atoms with Crippen LogP contribution in [0.25, 0.3) is 16.9 Å². The van der Waals surface area contributed by atoms with E-state index in [0.29, 0.717) is 55.7 Å². The Balaban J connectivity index is 0.00000353. The molecule has 39 heavy (non-hydrogen) atoms. The second-order valence-electron chi connectivity index (χ2n) is 9.96. The molecular formula is C26H34ClF2N7O3. The number of benzene rings is 1. The largest absolute Gasteiger partial charge is 0.474 e. The summed E-state index contributed by atoms with van der Waals surface area (Å²) in [6.07, 6.45) is 0.183. The molecular weight excluding hydrogens is 532 g/mol. The second-order valence-corrected chi connectivity index (χ2v) is 9.96. The Kier molecular flexibility index (Phi) is 9.52. The number of amides is 1. The van der Waals surface area contributed by atoms with Crippen molar-refractivity contribution in [3.05, 3.63) is 36.2 Å². The summed E-state index contributed by atoms with van der Waals surface area (Å²) in [6.45, 7) is 2.60. The molecule has 10 nitrogen and oxygen atoms in total. The van der Waals surface area contributed by atoms with E-state index in [0.717, 1.165) is 25.7 Å². The van der Waals surface area contributed by atoms with Gasteiger partial charge in [-0.3, -0.25) is 9.36 Å². The molecule has 3 aromatic rings. The minimum absolute atomic E-state index is 0. The van der Waals surface area contributed by atoms with E-state index in [1.54, 1.807) is 30.3 Å². The summed E-state index contributed by atoms with van der Waals surface area (Å²) in [5.74, 6) is 0.651. The van der Waals surface area contributed by atoms with Crippen molar-refractivity contribution in [2.45, 2.75) is 44.3 Å². The Morgan fingerprint density at radius 2 is 1.85 bits per heavy atom. The third-order valence-corrected chi connectivity index (χ3v) is 6.77. The molecule has 1 saturated heterocycles. The molecule has 2 aliphatic rings. The Labute approximate surface area is 232 Å². The number of hydrogen-bond acceptors (Lipinski definition) is 8. The first-order chi connectivity index (χ1) is 18.4. The highest BCUT2D eigenvalue weighted by atomic mass is 35.5. The van der Waals surface area contributed by atoms with Gasteiger partial charge in [-0.1, -0.05) is 12.1 Å². The summed E-state index contributed by atoms with van der Waals surface area (Å²) in [6, 6.07) is 8.72. The number of ether oxygens (including phenoxy) is 2. The van der Waals surface area contributed by atoms with E-state index >= 15 is 0 Å². The summed E-state index contributed by atoms with van der Waals surface area (Å²) in [7, 11) is 3.73. The van der Waals surface area contributed by atoms with Crippen LogP contribution in [0, 0.1) is 0 Å². The summed E-state index contributed by atoms with van der Waals surface area (Å²) in [5.41, 5.74) is 1.00. The SMILES string of the molecule is CN(C)CC(=O)NC1CCC(Oc2cc(-n3c(C(F)F)nc4ccccc43)nc(N3CCOCC3)n2)CC1.Cl. The maximum Gasteiger partial charge on any atom is 0.296 e. The molecule has 2 fully saturated rings. The molecule has 13 heteroatoms. The van der Waals surface area contributed by atoms with E-state index in [2.05, 4.69) is 20.3 Å². The van der Waals surface area contributed by atoms with Gasteiger partial charge in [0.05, 0.1) is 30.8 Å². The molecule has 2 aromatic heterocycles. The number of carbonyl (C=O) groups is 1. The van der Waals surface area contributed by atoms with Gasteiger partial charge in [0, 0.05) is 25.2 Å². The summed E-state index contributed by atoms with van der Waals surface area (Å²) >= 11 is 0. The highest BCUT2D eigenvalue weighted by molar-refractivity contribution is 5.85. The van der Waals surface area contributed by atoms with Crippen LogP contribution >= 0.6 is 12.4 Å². The first kappa shape index (κ1) is 28.9. The van der Waals surface area contributed by atoms with Gasteiger partial charge >= 0.3 is 0 Å². The van der Waals surface area contributed by atoms with Gasteiger partial charge in [-0.05, 0) is 51.9 Å². The van der Waals surface area contributed by atoms with Crippen LogP contribution in [0.15, 0.2) is 30.3 Å². The fraction of sp³-hybridized carbons (Fsp3) is 0.538. The molecule has 3 heterocycles. The molecule has 5 rings (SSSR count). The monoisotopic (exact) mass is 565 g/mol. The summed E-state index contributed by atoms with van der Waals surface area (Å²) in [5, 5.41) is 3.09. The van der Waals surface area contributed by atoms with Gasteiger partial charge in [-0.2, -0.15) is 9.97 Å². The third kappa shape index (κ3) is 6.92. The fourth-order valence-electron chi connectivity index (χ4n) is 4.97. The number of hydrogen-bond donors (Lipinski definition) is 1. The number of nitrogens with zero attached hydrogens (tertiary/aromatic N) is 6. The van der Waals surface area contributed by atoms with Crippen molar-refractivity contribution in [3.8, 4) is 11.7 Å². The van der Waals surface area contributed by atoms with Crippen molar-refractivity contribution >= 4 is 35.3 Å². The standard InChI is InChI=1S/C26H33F2N7O3.ClH/c1-33(2)16-22(36)29-17-7-9-18(10-8-17)38-23-15-21(31-26(32-23)34-11-13-37-14-12-34)35-20-6-4-3-5-19(20)30-25(35)24(27)28;/h3-6,15,17-18,24H,7-14,16H2,1-2H3,(H,29,36);1H. The lowest BCUT2D eigenvalue weighted by molar-refractivity contribution is -0.122. The number of alkyl halides is 2. The van der Waals surface area contributed by atoms with Crippen LogP contribution in [0.3, 0.4) is 0 Å². The van der Waals surface area contributed by atoms with Crippen molar-refractivity contribution < 1.29 is 23.0 Å². The van der Waals surface area contributed by atoms with Crippen molar-refractivity contribution in [1.29, 1.82) is 0 Å². The lowest BCUT2D eigenvalue weighted by Crippen LogP contribution is -2.43. The topological polar surface area (TPSA) is 97.6 Å². The highest BCUT2D eigenvalue weighted by Gasteiger charge is 2.27. The first-order valence-corrected chi connectivity index (χ1v) is 13.0. The Bertz CT molecular complexity index is 1260. The molecule has 0 atom stereocenters. The average Bonchev–Trinajstić information content (AvgIpc) is 3.30. The van der Waals surface area contributed by atoms with E-state index in [9.17, 15) is 13.6 Å². The number of anilines is 1. The van der Waals surface area contributed by atoms with E-state index in [1.165, 1.54) is 4.57 Å². The van der Waals surface area contributed by atoms with Gasteiger partial charge < -0.3 is 24.6 Å². The molecule has 0 spiro atoms. The predicted octanol–water partition coefficient (Wildman–Crippen LogP) is 3.38. The van der Waals surface area contributed by atoms with E-state index in [-0.39, 0.29) is 42.1 Å². The quantitative estimate of drug-likeness (QED) is 0.444. The molecule has 1 amide bonds. The number of morpholine rings is 1. The zero-order chi connectivity index (χ0) is 26.6. The third-order valence-electron chi connectivity index (χ3n) is 6.77. The van der Waals surface area contributed by atoms with Crippen LogP contribution in [0.4, 0.5) is 14.7 Å². The van der Waals surface area contributed by atoms with Crippen molar-refractivity contribution in [2.75, 3.05) is 51.8 Å². The fourth-order valence-corrected chi connectivity index (χ4v) is 4.97. The van der Waals surface area contributed by atoms with Crippen LogP contribution in [-0.4, -0.2) is 89.4 Å². The zero-order valence-corrected chi connectivity index (χ0v) is 22.9. The molecule has 1 saturated carbocycles. The van der Waals surface area contributed by atoms with Gasteiger partial charge in [0.15, 0.2) is 5.82 Å². The molecule has 1 N–H and O–H groups in total. The summed E-state index contributed by atoms with van der Waals surface area (Å²) < 4.78 is 41.3. The second kappa shape index (κ2) is 12.8. The van der Waals surface area contributed by atoms with E-state index < -0.39 is 6.43 Å². The van der Waals surface area contributed by atoms with Crippen molar-refractivity contribution in [3.63, 3.8) is 0 Å². The Morgan fingerprint density at radius 3 is 2.54 bits per heavy atom. The molecule has 1 aromatic carbocycles. The molecule has 0 radical (unpaired) electrons. The lowest BCUT2D eigenvalue weighted by atomic mass is 9.93. The normalized spacial score (nSPS) is 19.8. The van der Waals surface area contributed by atoms with E-state index in [4.69, 9.17) is 9.47 Å². The number of halogens is 3. The number of imidazole rings is 1. The maximum atomic E-state index is 14.1. The number of para-hydroxylation sites is 2. The minimum atomic E-state index is -2.79. The molecule has 1 aliphatic heterocycles. The number of likely N-dealkylation sites (N-methyl/N-ethyl adjacent to an activating group) is 1. The Morgan fingerprint density at radius 1 is 1.13 bits per heavy atom. The number of fused-ring (bicyclic) bond motifs is 1. The molecule has 1 aliphatic carbocycles. The minimum Gasteiger partial charge on any atom is -0.474 e. The van der Waals surface area contributed by atoms with Gasteiger partial charge in [-0.15, -0.1) is 12.4 Å². The van der Waals surface area contributed by atoms with Gasteiger partial charge in [-0.25, -0.2) is 13.8 Å². The van der Waals surface area contributed by atoms with Gasteiger partial charge in [0.2, 0.25) is 17.7 Å². The first-order valence-electron chi connectivity index (χ1n) is 13.0.